The third kappa shape index (κ3) is 4.62. The van der Waals surface area contributed by atoms with E-state index in [1.165, 1.54) is 24.3 Å². The quantitative estimate of drug-likeness (QED) is 0.396. The molecule has 6 nitrogen and oxygen atoms in total. The molecule has 33 heavy (non-hydrogen) atoms. The predicted molar refractivity (Wildman–Crippen MR) is 121 cm³/mol. The van der Waals surface area contributed by atoms with Crippen LogP contribution < -0.4 is 10.2 Å². The van der Waals surface area contributed by atoms with Gasteiger partial charge in [0.2, 0.25) is 5.95 Å². The van der Waals surface area contributed by atoms with E-state index in [0.717, 1.165) is 11.8 Å². The zero-order valence-electron chi connectivity index (χ0n) is 17.9. The maximum Gasteiger partial charge on any atom is 0.416 e. The van der Waals surface area contributed by atoms with E-state index in [2.05, 4.69) is 10.3 Å². The summed E-state index contributed by atoms with van der Waals surface area (Å²) in [5.41, 5.74) is 1.97. The summed E-state index contributed by atoms with van der Waals surface area (Å²) in [4.78, 5) is 17.8. The molecule has 1 heterocycles. The number of rotatable bonds is 6. The molecule has 170 valence electrons. The van der Waals surface area contributed by atoms with Gasteiger partial charge in [0.05, 0.1) is 28.7 Å². The summed E-state index contributed by atoms with van der Waals surface area (Å²) in [7, 11) is 3.83. The minimum Gasteiger partial charge on any atom is -0.478 e. The van der Waals surface area contributed by atoms with Crippen LogP contribution in [-0.2, 0) is 12.7 Å². The molecule has 0 aliphatic heterocycles. The van der Waals surface area contributed by atoms with E-state index < -0.39 is 17.7 Å². The second kappa shape index (κ2) is 8.50. The first-order valence-electron chi connectivity index (χ1n) is 10.1. The van der Waals surface area contributed by atoms with E-state index >= 15 is 0 Å². The molecule has 0 aliphatic rings. The number of alkyl halides is 3. The minimum absolute atomic E-state index is 0.0460. The number of carboxylic acids is 1. The Morgan fingerprint density at radius 2 is 1.76 bits per heavy atom. The van der Waals surface area contributed by atoms with Gasteiger partial charge in [-0.05, 0) is 54.1 Å². The lowest BCUT2D eigenvalue weighted by Gasteiger charge is -2.16. The highest BCUT2D eigenvalue weighted by Crippen LogP contribution is 2.34. The molecule has 0 fully saturated rings. The van der Waals surface area contributed by atoms with Gasteiger partial charge in [0.25, 0.3) is 0 Å². The Hall–Kier alpha value is -4.01. The van der Waals surface area contributed by atoms with Gasteiger partial charge < -0.3 is 19.9 Å². The summed E-state index contributed by atoms with van der Waals surface area (Å²) < 4.78 is 42.3. The van der Waals surface area contributed by atoms with Gasteiger partial charge in [0.1, 0.15) is 0 Å². The fourth-order valence-electron chi connectivity index (χ4n) is 3.60. The Labute approximate surface area is 187 Å². The third-order valence-electron chi connectivity index (χ3n) is 5.29. The number of nitrogens with one attached hydrogen (secondary N) is 1. The number of aromatic carboxylic acids is 1. The zero-order chi connectivity index (χ0) is 23.8. The molecule has 1 aromatic heterocycles. The smallest absolute Gasteiger partial charge is 0.416 e. The van der Waals surface area contributed by atoms with E-state index in [1.54, 1.807) is 16.7 Å². The van der Waals surface area contributed by atoms with E-state index in [4.69, 9.17) is 0 Å². The van der Waals surface area contributed by atoms with Gasteiger partial charge in [-0.3, -0.25) is 0 Å². The van der Waals surface area contributed by atoms with E-state index in [-0.39, 0.29) is 17.7 Å². The van der Waals surface area contributed by atoms with Crippen molar-refractivity contribution in [3.8, 4) is 0 Å². The highest BCUT2D eigenvalue weighted by atomic mass is 19.4. The molecule has 9 heteroatoms. The molecule has 0 saturated carbocycles. The predicted octanol–water partition coefficient (Wildman–Crippen LogP) is 5.61. The topological polar surface area (TPSA) is 70.4 Å². The Morgan fingerprint density at radius 3 is 2.39 bits per heavy atom. The van der Waals surface area contributed by atoms with Crippen molar-refractivity contribution < 1.29 is 23.1 Å². The first kappa shape index (κ1) is 22.2. The van der Waals surface area contributed by atoms with Crippen molar-refractivity contribution in [3.05, 3.63) is 83.4 Å². The second-order valence-electron chi connectivity index (χ2n) is 7.75. The third-order valence-corrected chi connectivity index (χ3v) is 5.29. The fourth-order valence-corrected chi connectivity index (χ4v) is 3.60. The lowest BCUT2D eigenvalue weighted by Crippen LogP contribution is -2.13. The van der Waals surface area contributed by atoms with Crippen LogP contribution in [0.2, 0.25) is 0 Å². The van der Waals surface area contributed by atoms with E-state index in [0.29, 0.717) is 22.7 Å². The van der Waals surface area contributed by atoms with Gasteiger partial charge in [-0.15, -0.1) is 0 Å². The molecule has 0 bridgehead atoms. The number of hydrogen-bond donors (Lipinski definition) is 2. The van der Waals surface area contributed by atoms with Crippen molar-refractivity contribution in [2.75, 3.05) is 24.3 Å². The van der Waals surface area contributed by atoms with Crippen molar-refractivity contribution in [2.24, 2.45) is 0 Å². The Morgan fingerprint density at radius 1 is 1.06 bits per heavy atom. The summed E-state index contributed by atoms with van der Waals surface area (Å²) in [6, 6.07) is 17.2. The van der Waals surface area contributed by atoms with Crippen molar-refractivity contribution in [1.82, 2.24) is 9.55 Å². The maximum atomic E-state index is 13.6. The number of carbonyl (C=O) groups is 1. The maximum absolute atomic E-state index is 13.6. The van der Waals surface area contributed by atoms with Crippen molar-refractivity contribution >= 4 is 34.3 Å². The van der Waals surface area contributed by atoms with Crippen LogP contribution in [0.1, 0.15) is 21.5 Å². The van der Waals surface area contributed by atoms with Gasteiger partial charge in [-0.1, -0.05) is 18.2 Å². The molecular weight excluding hydrogens is 433 g/mol. The number of benzene rings is 3. The summed E-state index contributed by atoms with van der Waals surface area (Å²) in [5.74, 6) is -0.801. The average Bonchev–Trinajstić information content (AvgIpc) is 3.10. The van der Waals surface area contributed by atoms with Gasteiger partial charge in [0.15, 0.2) is 0 Å². The molecule has 0 radical (unpaired) electrons. The Kier molecular flexibility index (Phi) is 5.71. The number of anilines is 3. The van der Waals surface area contributed by atoms with Gasteiger partial charge in [-0.25, -0.2) is 9.78 Å². The highest BCUT2D eigenvalue weighted by Gasteiger charge is 2.33. The Bertz CT molecular complexity index is 1310. The summed E-state index contributed by atoms with van der Waals surface area (Å²) in [6.45, 7) is -0.100. The van der Waals surface area contributed by atoms with Crippen LogP contribution in [-0.4, -0.2) is 34.7 Å². The number of halogens is 3. The van der Waals surface area contributed by atoms with Crippen LogP contribution in [0.4, 0.5) is 30.5 Å². The summed E-state index contributed by atoms with van der Waals surface area (Å²) >= 11 is 0. The molecule has 2 N–H and O–H groups in total. The van der Waals surface area contributed by atoms with Gasteiger partial charge in [-0.2, -0.15) is 13.2 Å². The number of hydrogen-bond acceptors (Lipinski definition) is 4. The monoisotopic (exact) mass is 454 g/mol. The van der Waals surface area contributed by atoms with E-state index in [1.807, 2.05) is 43.3 Å². The van der Waals surface area contributed by atoms with Crippen LogP contribution in [0.3, 0.4) is 0 Å². The van der Waals surface area contributed by atoms with E-state index in [9.17, 15) is 23.1 Å². The largest absolute Gasteiger partial charge is 0.478 e. The fraction of sp³-hybridized carbons (Fsp3) is 0.167. The van der Waals surface area contributed by atoms with Crippen molar-refractivity contribution in [2.45, 2.75) is 12.7 Å². The van der Waals surface area contributed by atoms with Crippen LogP contribution in [0.15, 0.2) is 66.7 Å². The second-order valence-corrected chi connectivity index (χ2v) is 7.75. The first-order chi connectivity index (χ1) is 15.6. The number of imidazole rings is 1. The molecule has 0 saturated heterocycles. The molecule has 0 aliphatic carbocycles. The van der Waals surface area contributed by atoms with Crippen molar-refractivity contribution in [1.29, 1.82) is 0 Å². The molecule has 0 atom stereocenters. The number of nitrogens with zero attached hydrogens (tertiary/aromatic N) is 3. The Balaban J connectivity index is 1.80. The van der Waals surface area contributed by atoms with Gasteiger partial charge in [0, 0.05) is 25.5 Å². The number of aromatic nitrogens is 2. The van der Waals surface area contributed by atoms with Crippen LogP contribution in [0.5, 0.6) is 0 Å². The summed E-state index contributed by atoms with van der Waals surface area (Å²) in [5, 5.41) is 12.5. The standard InChI is InChI=1S/C24H21F3N4O2/c1-30(2)18-10-8-17(9-11-18)28-23-29-20-13-15(22(32)33)7-12-21(20)31(23)14-16-5-3-4-6-19(16)24(25,26)27/h3-13H,14H2,1-2H3,(H,28,29)(H,32,33). The van der Waals surface area contributed by atoms with Crippen molar-refractivity contribution in [3.63, 3.8) is 0 Å². The molecular formula is C24H21F3N4O2. The number of fused-ring (bicyclic) bond motifs is 1. The van der Waals surface area contributed by atoms with Gasteiger partial charge >= 0.3 is 12.1 Å². The number of carboxylic acid groups (broad SMARTS) is 1. The van der Waals surface area contributed by atoms with Crippen LogP contribution >= 0.6 is 0 Å². The highest BCUT2D eigenvalue weighted by molar-refractivity contribution is 5.93. The molecule has 4 rings (SSSR count). The normalized spacial score (nSPS) is 11.5. The summed E-state index contributed by atoms with van der Waals surface area (Å²) in [6.07, 6.45) is -4.50. The van der Waals surface area contributed by atoms with Crippen LogP contribution in [0, 0.1) is 0 Å². The first-order valence-corrected chi connectivity index (χ1v) is 10.1. The molecule has 0 amide bonds. The lowest BCUT2D eigenvalue weighted by atomic mass is 10.1. The minimum atomic E-state index is -4.50. The SMILES string of the molecule is CN(C)c1ccc(Nc2nc3cc(C(=O)O)ccc3n2Cc2ccccc2C(F)(F)F)cc1. The average molecular weight is 454 g/mol. The van der Waals surface area contributed by atoms with Crippen LogP contribution in [0.25, 0.3) is 11.0 Å². The molecule has 3 aromatic carbocycles. The zero-order valence-corrected chi connectivity index (χ0v) is 17.9. The molecule has 0 spiro atoms. The molecule has 0 unspecified atom stereocenters. The lowest BCUT2D eigenvalue weighted by molar-refractivity contribution is -0.138. The molecule has 4 aromatic rings.